The lowest BCUT2D eigenvalue weighted by atomic mass is 10.1. The molecule has 0 radical (unpaired) electrons. The highest BCUT2D eigenvalue weighted by atomic mass is 16.2. The van der Waals surface area contributed by atoms with E-state index in [1.807, 2.05) is 0 Å². The molecule has 0 bridgehead atoms. The van der Waals surface area contributed by atoms with Gasteiger partial charge in [0.25, 0.3) is 17.4 Å². The number of hydrogen-bond acceptors (Lipinski definition) is 5. The fourth-order valence-electron chi connectivity index (χ4n) is 3.42. The van der Waals surface area contributed by atoms with Crippen molar-refractivity contribution in [3.63, 3.8) is 0 Å². The van der Waals surface area contributed by atoms with E-state index in [1.165, 1.54) is 4.57 Å². The topological polar surface area (TPSA) is 114 Å². The summed E-state index contributed by atoms with van der Waals surface area (Å²) in [6.45, 7) is 0.619. The van der Waals surface area contributed by atoms with E-state index in [2.05, 4.69) is 5.32 Å². The highest BCUT2D eigenvalue weighted by molar-refractivity contribution is 6.23. The maximum absolute atomic E-state index is 12.5. The quantitative estimate of drug-likeness (QED) is 0.777. The van der Waals surface area contributed by atoms with Crippen molar-refractivity contribution < 1.29 is 14.4 Å². The number of nitrogens with zero attached hydrogens (tertiary/aromatic N) is 2. The van der Waals surface area contributed by atoms with E-state index in [0.29, 0.717) is 24.3 Å². The van der Waals surface area contributed by atoms with Crippen LogP contribution in [0.1, 0.15) is 40.0 Å². The number of hydrogen-bond donors (Lipinski definition) is 2. The van der Waals surface area contributed by atoms with Gasteiger partial charge < -0.3 is 10.6 Å². The van der Waals surface area contributed by atoms with E-state index in [-0.39, 0.29) is 22.9 Å². The van der Waals surface area contributed by atoms with Crippen LogP contribution in [0.3, 0.4) is 0 Å². The number of rotatable bonds is 2. The number of aromatic nitrogens is 1. The van der Waals surface area contributed by atoms with Crippen molar-refractivity contribution in [3.8, 4) is 5.69 Å². The molecule has 8 nitrogen and oxygen atoms in total. The molecule has 1 fully saturated rings. The van der Waals surface area contributed by atoms with Crippen LogP contribution in [0.4, 0.5) is 11.5 Å². The van der Waals surface area contributed by atoms with Gasteiger partial charge in [-0.05, 0) is 31.0 Å². The first-order chi connectivity index (χ1) is 12.5. The van der Waals surface area contributed by atoms with Gasteiger partial charge in [-0.3, -0.25) is 29.1 Å². The molecule has 0 unspecified atom stereocenters. The van der Waals surface area contributed by atoms with Crippen molar-refractivity contribution in [2.24, 2.45) is 0 Å². The van der Waals surface area contributed by atoms with E-state index in [1.54, 1.807) is 29.2 Å². The Kier molecular flexibility index (Phi) is 3.61. The van der Waals surface area contributed by atoms with Gasteiger partial charge in [0.2, 0.25) is 5.91 Å². The molecular weight excluding hydrogens is 336 g/mol. The van der Waals surface area contributed by atoms with Crippen LogP contribution in [0, 0.1) is 0 Å². The summed E-state index contributed by atoms with van der Waals surface area (Å²) in [6.07, 6.45) is 2.28. The SMILES string of the molecule is Nc1c2c(cc(=O)n1-c1cccc(N3CCCCC3=O)c1)C(=O)NC2=O. The molecular formula is C18H16N4O4. The summed E-state index contributed by atoms with van der Waals surface area (Å²) in [7, 11) is 0. The molecule has 132 valence electrons. The normalized spacial score (nSPS) is 16.6. The Labute approximate surface area is 148 Å². The van der Waals surface area contributed by atoms with Crippen LogP contribution in [-0.4, -0.2) is 28.8 Å². The third-order valence-electron chi connectivity index (χ3n) is 4.68. The Morgan fingerprint density at radius 2 is 1.73 bits per heavy atom. The van der Waals surface area contributed by atoms with Crippen LogP contribution < -0.4 is 21.5 Å². The Balaban J connectivity index is 1.85. The molecule has 4 rings (SSSR count). The predicted molar refractivity (Wildman–Crippen MR) is 94.5 cm³/mol. The van der Waals surface area contributed by atoms with Crippen LogP contribution >= 0.6 is 0 Å². The van der Waals surface area contributed by atoms with Crippen molar-refractivity contribution >= 4 is 29.2 Å². The van der Waals surface area contributed by atoms with Crippen molar-refractivity contribution in [2.45, 2.75) is 19.3 Å². The average Bonchev–Trinajstić information content (AvgIpc) is 2.89. The monoisotopic (exact) mass is 352 g/mol. The van der Waals surface area contributed by atoms with E-state index in [4.69, 9.17) is 5.73 Å². The van der Waals surface area contributed by atoms with Gasteiger partial charge in [-0.15, -0.1) is 0 Å². The number of piperidine rings is 1. The minimum Gasteiger partial charge on any atom is -0.384 e. The zero-order valence-corrected chi connectivity index (χ0v) is 13.8. The standard InChI is InChI=1S/C18H16N4O4/c19-16-15-12(17(25)20-18(15)26)9-14(24)22(16)11-5-3-4-10(8-11)21-7-2-1-6-13(21)23/h3-5,8-9H,1-2,6-7,19H2,(H,20,25,26). The van der Waals surface area contributed by atoms with E-state index < -0.39 is 17.4 Å². The van der Waals surface area contributed by atoms with Gasteiger partial charge in [0.1, 0.15) is 5.82 Å². The first-order valence-electron chi connectivity index (χ1n) is 8.29. The van der Waals surface area contributed by atoms with Gasteiger partial charge in [0.15, 0.2) is 0 Å². The van der Waals surface area contributed by atoms with Gasteiger partial charge in [-0.25, -0.2) is 0 Å². The van der Waals surface area contributed by atoms with Crippen LogP contribution in [0.5, 0.6) is 0 Å². The van der Waals surface area contributed by atoms with Gasteiger partial charge >= 0.3 is 0 Å². The summed E-state index contributed by atoms with van der Waals surface area (Å²) >= 11 is 0. The molecule has 1 saturated heterocycles. The zero-order valence-electron chi connectivity index (χ0n) is 13.8. The Morgan fingerprint density at radius 1 is 0.962 bits per heavy atom. The molecule has 26 heavy (non-hydrogen) atoms. The number of pyridine rings is 1. The minimum absolute atomic E-state index is 0.00551. The predicted octanol–water partition coefficient (Wildman–Crippen LogP) is 0.820. The molecule has 1 aromatic heterocycles. The molecule has 2 aromatic rings. The van der Waals surface area contributed by atoms with Crippen molar-refractivity contribution in [3.05, 3.63) is 51.8 Å². The number of anilines is 2. The molecule has 3 N–H and O–H groups in total. The Hall–Kier alpha value is -3.42. The molecule has 3 heterocycles. The lowest BCUT2D eigenvalue weighted by molar-refractivity contribution is -0.119. The summed E-state index contributed by atoms with van der Waals surface area (Å²) in [5.41, 5.74) is 6.60. The van der Waals surface area contributed by atoms with Crippen LogP contribution in [-0.2, 0) is 4.79 Å². The Bertz CT molecular complexity index is 1020. The second-order valence-electron chi connectivity index (χ2n) is 6.30. The number of nitrogen functional groups attached to an aromatic ring is 1. The number of imide groups is 1. The van der Waals surface area contributed by atoms with Gasteiger partial charge in [0, 0.05) is 24.7 Å². The molecule has 0 saturated carbocycles. The van der Waals surface area contributed by atoms with Crippen LogP contribution in [0.2, 0.25) is 0 Å². The van der Waals surface area contributed by atoms with Gasteiger partial charge in [0.05, 0.1) is 16.8 Å². The fraction of sp³-hybridized carbons (Fsp3) is 0.222. The maximum atomic E-state index is 12.5. The summed E-state index contributed by atoms with van der Waals surface area (Å²) in [6, 6.07) is 7.96. The smallest absolute Gasteiger partial charge is 0.262 e. The lowest BCUT2D eigenvalue weighted by Crippen LogP contribution is -2.35. The molecule has 8 heteroatoms. The first-order valence-corrected chi connectivity index (χ1v) is 8.29. The third-order valence-corrected chi connectivity index (χ3v) is 4.68. The highest BCUT2D eigenvalue weighted by Crippen LogP contribution is 2.26. The summed E-state index contributed by atoms with van der Waals surface area (Å²) in [4.78, 5) is 50.1. The van der Waals surface area contributed by atoms with Crippen molar-refractivity contribution in [1.29, 1.82) is 0 Å². The minimum atomic E-state index is -0.631. The fourth-order valence-corrected chi connectivity index (χ4v) is 3.42. The number of amides is 3. The van der Waals surface area contributed by atoms with Crippen LogP contribution in [0.15, 0.2) is 35.1 Å². The van der Waals surface area contributed by atoms with E-state index in [9.17, 15) is 19.2 Å². The van der Waals surface area contributed by atoms with Crippen molar-refractivity contribution in [1.82, 2.24) is 9.88 Å². The summed E-state index contributed by atoms with van der Waals surface area (Å²) in [5.74, 6) is -1.32. The first kappa shape index (κ1) is 16.1. The molecule has 3 amide bonds. The van der Waals surface area contributed by atoms with Gasteiger partial charge in [-0.2, -0.15) is 0 Å². The molecule has 0 spiro atoms. The number of benzene rings is 1. The number of nitrogens with one attached hydrogen (secondary N) is 1. The largest absolute Gasteiger partial charge is 0.384 e. The number of carbonyl (C=O) groups is 3. The third kappa shape index (κ3) is 2.38. The Morgan fingerprint density at radius 3 is 2.50 bits per heavy atom. The zero-order chi connectivity index (χ0) is 18.4. The number of carbonyl (C=O) groups excluding carboxylic acids is 3. The summed E-state index contributed by atoms with van der Waals surface area (Å²) in [5, 5.41) is 2.13. The molecule has 2 aliphatic heterocycles. The molecule has 1 aromatic carbocycles. The second kappa shape index (κ2) is 5.83. The highest BCUT2D eigenvalue weighted by Gasteiger charge is 2.32. The maximum Gasteiger partial charge on any atom is 0.262 e. The number of nitrogens with two attached hydrogens (primary N) is 1. The molecule has 2 aliphatic rings. The average molecular weight is 352 g/mol. The van der Waals surface area contributed by atoms with Crippen LogP contribution in [0.25, 0.3) is 5.69 Å². The number of fused-ring (bicyclic) bond motifs is 1. The summed E-state index contributed by atoms with van der Waals surface area (Å²) < 4.78 is 1.18. The molecule has 0 atom stereocenters. The van der Waals surface area contributed by atoms with E-state index in [0.717, 1.165) is 18.9 Å². The van der Waals surface area contributed by atoms with E-state index >= 15 is 0 Å². The lowest BCUT2D eigenvalue weighted by Gasteiger charge is -2.27. The second-order valence-corrected chi connectivity index (χ2v) is 6.30. The van der Waals surface area contributed by atoms with Crippen molar-refractivity contribution in [2.75, 3.05) is 17.2 Å². The molecule has 0 aliphatic carbocycles. The van der Waals surface area contributed by atoms with Gasteiger partial charge in [-0.1, -0.05) is 6.07 Å².